The van der Waals surface area contributed by atoms with Gasteiger partial charge >= 0.3 is 5.97 Å². The zero-order chi connectivity index (χ0) is 13.3. The van der Waals surface area contributed by atoms with Gasteiger partial charge in [-0.05, 0) is 35.2 Å². The molecule has 6 heteroatoms. The van der Waals surface area contributed by atoms with E-state index in [9.17, 15) is 9.59 Å². The van der Waals surface area contributed by atoms with Gasteiger partial charge in [-0.2, -0.15) is 0 Å². The third-order valence-electron chi connectivity index (χ3n) is 2.73. The van der Waals surface area contributed by atoms with E-state index in [-0.39, 0.29) is 11.7 Å². The fraction of sp³-hybridized carbons (Fsp3) is 0.417. The van der Waals surface area contributed by atoms with Crippen LogP contribution in [0.1, 0.15) is 29.2 Å². The third kappa shape index (κ3) is 2.54. The molecule has 1 heterocycles. The number of fused-ring (bicyclic) bond motifs is 1. The number of esters is 1. The van der Waals surface area contributed by atoms with E-state index in [0.717, 1.165) is 5.69 Å². The molecule has 0 N–H and O–H groups in total. The van der Waals surface area contributed by atoms with Crippen LogP contribution in [0.15, 0.2) is 15.6 Å². The molecule has 96 valence electrons. The number of carbonyl (C=O) groups excluding carboxylic acids is 2. The summed E-state index contributed by atoms with van der Waals surface area (Å²) >= 11 is 4.59. The molecular weight excluding hydrogens is 318 g/mol. The molecule has 0 saturated heterocycles. The molecule has 1 aromatic rings. The molecular formula is C12H12BrNO3S. The largest absolute Gasteiger partial charge is 0.463 e. The monoisotopic (exact) mass is 329 g/mol. The first-order chi connectivity index (χ1) is 8.52. The number of ether oxygens (including phenoxy) is 1. The molecule has 4 nitrogen and oxygen atoms in total. The fourth-order valence-electron chi connectivity index (χ4n) is 1.91. The maximum absolute atomic E-state index is 12.3. The van der Waals surface area contributed by atoms with Crippen LogP contribution in [0.3, 0.4) is 0 Å². The van der Waals surface area contributed by atoms with Crippen molar-refractivity contribution in [2.24, 2.45) is 5.92 Å². The number of hydrogen-bond donors (Lipinski definition) is 0. The average Bonchev–Trinajstić information content (AvgIpc) is 2.65. The third-order valence-corrected chi connectivity index (χ3v) is 4.28. The van der Waals surface area contributed by atoms with Crippen LogP contribution in [0.4, 0.5) is 0 Å². The van der Waals surface area contributed by atoms with Crippen LogP contribution < -0.4 is 0 Å². The molecule has 18 heavy (non-hydrogen) atoms. The Labute approximate surface area is 117 Å². The lowest BCUT2D eigenvalue weighted by molar-refractivity contribution is -0.137. The smallest absolute Gasteiger partial charge is 0.331 e. The van der Waals surface area contributed by atoms with Gasteiger partial charge in [0.15, 0.2) is 3.92 Å². The molecule has 0 saturated carbocycles. The van der Waals surface area contributed by atoms with Crippen molar-refractivity contribution in [3.05, 3.63) is 26.1 Å². The van der Waals surface area contributed by atoms with Crippen LogP contribution in [0.5, 0.6) is 0 Å². The van der Waals surface area contributed by atoms with Gasteiger partial charge in [-0.1, -0.05) is 6.92 Å². The summed E-state index contributed by atoms with van der Waals surface area (Å²) in [5.41, 5.74) is 1.32. The highest BCUT2D eigenvalue weighted by Gasteiger charge is 2.31. The molecule has 0 fully saturated rings. The summed E-state index contributed by atoms with van der Waals surface area (Å²) in [4.78, 5) is 28.6. The molecule has 1 aromatic heterocycles. The Bertz CT molecular complexity index is 535. The summed E-state index contributed by atoms with van der Waals surface area (Å²) in [7, 11) is 0. The summed E-state index contributed by atoms with van der Waals surface area (Å²) in [5.74, 6) is -0.580. The van der Waals surface area contributed by atoms with Crippen molar-refractivity contribution in [3.63, 3.8) is 0 Å². The molecule has 1 aliphatic carbocycles. The van der Waals surface area contributed by atoms with Gasteiger partial charge in [-0.3, -0.25) is 4.79 Å². The lowest BCUT2D eigenvalue weighted by atomic mass is 9.86. The van der Waals surface area contributed by atoms with Gasteiger partial charge in [0.2, 0.25) is 5.78 Å². The second kappa shape index (κ2) is 5.32. The Morgan fingerprint density at radius 2 is 2.39 bits per heavy atom. The molecule has 1 unspecified atom stereocenters. The molecule has 0 aliphatic heterocycles. The lowest BCUT2D eigenvalue weighted by Gasteiger charge is -2.19. The van der Waals surface area contributed by atoms with E-state index in [1.54, 1.807) is 6.92 Å². The number of rotatable bonds is 2. The Morgan fingerprint density at radius 1 is 1.67 bits per heavy atom. The van der Waals surface area contributed by atoms with Crippen molar-refractivity contribution >= 4 is 39.0 Å². The maximum atomic E-state index is 12.3. The molecule has 1 atom stereocenters. The van der Waals surface area contributed by atoms with Crippen molar-refractivity contribution in [1.29, 1.82) is 0 Å². The Balaban J connectivity index is 2.34. The normalized spacial score (nSPS) is 20.9. The van der Waals surface area contributed by atoms with Crippen molar-refractivity contribution in [2.45, 2.75) is 20.3 Å². The Kier molecular flexibility index (Phi) is 3.97. The number of allylic oxidation sites excluding steroid dienone is 1. The van der Waals surface area contributed by atoms with Crippen LogP contribution in [0.2, 0.25) is 0 Å². The SMILES string of the molecule is CCOC(=O)C=C1C(=O)c2sc(Br)nc2CC1C. The molecule has 1 aliphatic rings. The van der Waals surface area contributed by atoms with E-state index in [0.29, 0.717) is 27.4 Å². The molecule has 0 spiro atoms. The minimum atomic E-state index is -0.459. The van der Waals surface area contributed by atoms with Crippen molar-refractivity contribution in [1.82, 2.24) is 4.98 Å². The first kappa shape index (κ1) is 13.4. The van der Waals surface area contributed by atoms with E-state index >= 15 is 0 Å². The van der Waals surface area contributed by atoms with Crippen molar-refractivity contribution in [2.75, 3.05) is 6.61 Å². The predicted octanol–water partition coefficient (Wildman–Crippen LogP) is 2.77. The van der Waals surface area contributed by atoms with Gasteiger partial charge in [0.05, 0.1) is 17.2 Å². The van der Waals surface area contributed by atoms with Crippen molar-refractivity contribution < 1.29 is 14.3 Å². The van der Waals surface area contributed by atoms with Gasteiger partial charge in [0.1, 0.15) is 0 Å². The summed E-state index contributed by atoms with van der Waals surface area (Å²) in [5, 5.41) is 0. The van der Waals surface area contributed by atoms with Crippen LogP contribution in [-0.4, -0.2) is 23.3 Å². The molecule has 2 rings (SSSR count). The number of thiazole rings is 1. The van der Waals surface area contributed by atoms with Crippen LogP contribution >= 0.6 is 27.3 Å². The van der Waals surface area contributed by atoms with E-state index in [2.05, 4.69) is 20.9 Å². The first-order valence-corrected chi connectivity index (χ1v) is 7.22. The summed E-state index contributed by atoms with van der Waals surface area (Å²) in [6.45, 7) is 3.96. The van der Waals surface area contributed by atoms with Gasteiger partial charge in [0.25, 0.3) is 0 Å². The van der Waals surface area contributed by atoms with E-state index < -0.39 is 5.97 Å². The maximum Gasteiger partial charge on any atom is 0.331 e. The summed E-state index contributed by atoms with van der Waals surface area (Å²) in [6, 6.07) is 0. The number of aromatic nitrogens is 1. The second-order valence-electron chi connectivity index (χ2n) is 4.03. The highest BCUT2D eigenvalue weighted by Crippen LogP contribution is 2.34. The number of ketones is 1. The van der Waals surface area contributed by atoms with Gasteiger partial charge < -0.3 is 4.74 Å². The van der Waals surface area contributed by atoms with Crippen molar-refractivity contribution in [3.8, 4) is 0 Å². The number of carbonyl (C=O) groups is 2. The van der Waals surface area contributed by atoms with E-state index in [4.69, 9.17) is 4.74 Å². The highest BCUT2D eigenvalue weighted by atomic mass is 79.9. The van der Waals surface area contributed by atoms with Crippen LogP contribution in [0, 0.1) is 5.92 Å². The second-order valence-corrected chi connectivity index (χ2v) is 6.30. The molecule has 0 aromatic carbocycles. The minimum Gasteiger partial charge on any atom is -0.463 e. The standard InChI is InChI=1S/C12H12BrNO3S/c1-3-17-9(15)5-7-6(2)4-8-11(10(7)16)18-12(13)14-8/h5-6H,3-4H2,1-2H3. The average molecular weight is 330 g/mol. The lowest BCUT2D eigenvalue weighted by Crippen LogP contribution is -2.21. The Morgan fingerprint density at radius 3 is 3.06 bits per heavy atom. The summed E-state index contributed by atoms with van der Waals surface area (Å²) < 4.78 is 5.54. The molecule has 0 bridgehead atoms. The van der Waals surface area contributed by atoms with E-state index in [1.165, 1.54) is 17.4 Å². The topological polar surface area (TPSA) is 56.3 Å². The molecule has 0 amide bonds. The summed E-state index contributed by atoms with van der Waals surface area (Å²) in [6.07, 6.45) is 1.99. The number of halogens is 1. The van der Waals surface area contributed by atoms with Crippen LogP contribution in [0.25, 0.3) is 0 Å². The zero-order valence-corrected chi connectivity index (χ0v) is 12.4. The fourth-order valence-corrected chi connectivity index (χ4v) is 3.39. The number of nitrogens with zero attached hydrogens (tertiary/aromatic N) is 1. The first-order valence-electron chi connectivity index (χ1n) is 5.61. The molecule has 0 radical (unpaired) electrons. The van der Waals surface area contributed by atoms with E-state index in [1.807, 2.05) is 6.92 Å². The minimum absolute atomic E-state index is 0.0107. The zero-order valence-electron chi connectivity index (χ0n) is 10.0. The quantitative estimate of drug-likeness (QED) is 0.618. The Hall–Kier alpha value is -1.01. The highest BCUT2D eigenvalue weighted by molar-refractivity contribution is 9.11. The van der Waals surface area contributed by atoms with Gasteiger partial charge in [-0.25, -0.2) is 9.78 Å². The predicted molar refractivity (Wildman–Crippen MR) is 71.7 cm³/mol. The number of Topliss-reactive ketones (excluding diaryl/α,β-unsaturated/α-hetero) is 1. The van der Waals surface area contributed by atoms with Crippen LogP contribution in [-0.2, 0) is 16.0 Å². The number of hydrogen-bond acceptors (Lipinski definition) is 5. The van der Waals surface area contributed by atoms with Gasteiger partial charge in [-0.15, -0.1) is 11.3 Å². The van der Waals surface area contributed by atoms with Gasteiger partial charge in [0, 0.05) is 11.6 Å².